The Labute approximate surface area is 168 Å². The van der Waals surface area contributed by atoms with E-state index in [2.05, 4.69) is 20.6 Å². The van der Waals surface area contributed by atoms with Crippen molar-refractivity contribution in [2.75, 3.05) is 23.4 Å². The summed E-state index contributed by atoms with van der Waals surface area (Å²) >= 11 is 1.34. The van der Waals surface area contributed by atoms with Crippen LogP contribution in [0, 0.1) is 11.6 Å². The van der Waals surface area contributed by atoms with E-state index in [0.29, 0.717) is 18.1 Å². The SMILES string of the molecule is C[C@H](CO)NC(=O)Nc1nc2c(s1)[C@H](C)N(c1nc3cc(F)c(F)cc3o1)CC2. The summed E-state index contributed by atoms with van der Waals surface area (Å²) in [5.74, 6) is -1.96. The Bertz CT molecular complexity index is 1030. The van der Waals surface area contributed by atoms with Crippen molar-refractivity contribution >= 4 is 39.6 Å². The molecule has 3 heterocycles. The van der Waals surface area contributed by atoms with Crippen LogP contribution < -0.4 is 15.5 Å². The number of carbonyl (C=O) groups excluding carboxylic acids is 1. The van der Waals surface area contributed by atoms with E-state index in [9.17, 15) is 13.6 Å². The molecule has 1 aliphatic heterocycles. The van der Waals surface area contributed by atoms with E-state index in [1.54, 1.807) is 6.92 Å². The van der Waals surface area contributed by atoms with Gasteiger partial charge in [-0.3, -0.25) is 5.32 Å². The molecule has 0 aliphatic carbocycles. The second-order valence-corrected chi connectivity index (χ2v) is 7.89. The van der Waals surface area contributed by atoms with Crippen LogP contribution in [0.15, 0.2) is 16.5 Å². The molecule has 2 amide bonds. The average Bonchev–Trinajstić information content (AvgIpc) is 3.26. The van der Waals surface area contributed by atoms with E-state index in [-0.39, 0.29) is 35.8 Å². The number of benzene rings is 1. The lowest BCUT2D eigenvalue weighted by Crippen LogP contribution is -2.38. The number of aliphatic hydroxyl groups excluding tert-OH is 1. The van der Waals surface area contributed by atoms with E-state index in [1.807, 2.05) is 11.8 Å². The number of nitrogens with zero attached hydrogens (tertiary/aromatic N) is 3. The molecular formula is C18H19F2N5O3S. The number of fused-ring (bicyclic) bond motifs is 2. The van der Waals surface area contributed by atoms with Crippen molar-refractivity contribution in [3.8, 4) is 0 Å². The minimum atomic E-state index is -0.985. The summed E-state index contributed by atoms with van der Waals surface area (Å²) < 4.78 is 32.5. The molecule has 0 unspecified atom stereocenters. The fourth-order valence-electron chi connectivity index (χ4n) is 3.18. The highest BCUT2D eigenvalue weighted by atomic mass is 32.1. The molecule has 0 bridgehead atoms. The van der Waals surface area contributed by atoms with Crippen LogP contribution in [0.3, 0.4) is 0 Å². The lowest BCUT2D eigenvalue weighted by atomic mass is 10.1. The van der Waals surface area contributed by atoms with Crippen molar-refractivity contribution in [1.29, 1.82) is 0 Å². The number of urea groups is 1. The van der Waals surface area contributed by atoms with E-state index < -0.39 is 17.7 Å². The minimum Gasteiger partial charge on any atom is -0.423 e. The molecule has 1 aromatic carbocycles. The number of aliphatic hydroxyl groups is 1. The normalized spacial score (nSPS) is 17.3. The van der Waals surface area contributed by atoms with Crippen LogP contribution in [0.25, 0.3) is 11.1 Å². The topological polar surface area (TPSA) is 104 Å². The van der Waals surface area contributed by atoms with Gasteiger partial charge in [0.05, 0.1) is 29.3 Å². The van der Waals surface area contributed by atoms with Crippen molar-refractivity contribution in [2.24, 2.45) is 0 Å². The number of carbonyl (C=O) groups is 1. The number of nitrogens with one attached hydrogen (secondary N) is 2. The molecule has 3 N–H and O–H groups in total. The highest BCUT2D eigenvalue weighted by Crippen LogP contribution is 2.39. The zero-order valence-corrected chi connectivity index (χ0v) is 16.5. The van der Waals surface area contributed by atoms with Gasteiger partial charge in [0, 0.05) is 25.1 Å². The van der Waals surface area contributed by atoms with Crippen molar-refractivity contribution in [3.63, 3.8) is 0 Å². The van der Waals surface area contributed by atoms with Gasteiger partial charge in [-0.25, -0.2) is 18.6 Å². The third kappa shape index (κ3) is 3.75. The fraction of sp³-hybridized carbons (Fsp3) is 0.389. The van der Waals surface area contributed by atoms with Gasteiger partial charge in [0.25, 0.3) is 6.01 Å². The molecular weight excluding hydrogens is 404 g/mol. The Balaban J connectivity index is 1.55. The lowest BCUT2D eigenvalue weighted by molar-refractivity contribution is 0.229. The van der Waals surface area contributed by atoms with Gasteiger partial charge in [-0.1, -0.05) is 11.3 Å². The van der Waals surface area contributed by atoms with Crippen LogP contribution in [0.2, 0.25) is 0 Å². The predicted octanol–water partition coefficient (Wildman–Crippen LogP) is 3.19. The summed E-state index contributed by atoms with van der Waals surface area (Å²) in [4.78, 5) is 23.6. The van der Waals surface area contributed by atoms with Gasteiger partial charge in [-0.05, 0) is 13.8 Å². The average molecular weight is 423 g/mol. The second kappa shape index (κ2) is 7.56. The first-order valence-electron chi connectivity index (χ1n) is 9.06. The first-order chi connectivity index (χ1) is 13.9. The Morgan fingerprint density at radius 1 is 1.41 bits per heavy atom. The van der Waals surface area contributed by atoms with Crippen molar-refractivity contribution in [1.82, 2.24) is 15.3 Å². The monoisotopic (exact) mass is 423 g/mol. The molecule has 4 rings (SSSR count). The summed E-state index contributed by atoms with van der Waals surface area (Å²) in [6.45, 7) is 4.03. The molecule has 1 aliphatic rings. The summed E-state index contributed by atoms with van der Waals surface area (Å²) in [6, 6.07) is 1.33. The van der Waals surface area contributed by atoms with Gasteiger partial charge in [-0.15, -0.1) is 0 Å². The third-order valence-electron chi connectivity index (χ3n) is 4.70. The number of halogens is 2. The van der Waals surface area contributed by atoms with Gasteiger partial charge >= 0.3 is 6.03 Å². The van der Waals surface area contributed by atoms with Gasteiger partial charge < -0.3 is 19.7 Å². The van der Waals surface area contributed by atoms with E-state index in [4.69, 9.17) is 9.52 Å². The quantitative estimate of drug-likeness (QED) is 0.596. The number of anilines is 2. The first-order valence-corrected chi connectivity index (χ1v) is 9.87. The Hall–Kier alpha value is -2.79. The van der Waals surface area contributed by atoms with Crippen LogP contribution in [0.5, 0.6) is 0 Å². The van der Waals surface area contributed by atoms with Crippen molar-refractivity contribution in [3.05, 3.63) is 34.3 Å². The zero-order chi connectivity index (χ0) is 20.7. The maximum Gasteiger partial charge on any atom is 0.321 e. The molecule has 0 saturated carbocycles. The summed E-state index contributed by atoms with van der Waals surface area (Å²) in [6.07, 6.45) is 0.605. The standard InChI is InChI=1S/C18H19F2N5O3S/c1-8(7-26)21-16(27)24-17-22-12-3-4-25(9(2)15(12)29-17)18-23-13-5-10(19)11(20)6-14(13)28-18/h5-6,8-9,26H,3-4,7H2,1-2H3,(H2,21,22,24,27)/t8-,9+/m1/s1. The number of hydrogen-bond donors (Lipinski definition) is 3. The summed E-state index contributed by atoms with van der Waals surface area (Å²) in [5, 5.41) is 14.7. The molecule has 29 heavy (non-hydrogen) atoms. The largest absolute Gasteiger partial charge is 0.423 e. The number of hydrogen-bond acceptors (Lipinski definition) is 7. The number of rotatable bonds is 4. The lowest BCUT2D eigenvalue weighted by Gasteiger charge is -2.31. The van der Waals surface area contributed by atoms with Crippen LogP contribution in [0.1, 0.15) is 30.5 Å². The minimum absolute atomic E-state index is 0.144. The van der Waals surface area contributed by atoms with Crippen LogP contribution in [-0.2, 0) is 6.42 Å². The molecule has 0 saturated heterocycles. The van der Waals surface area contributed by atoms with Gasteiger partial charge in [0.1, 0.15) is 5.52 Å². The predicted molar refractivity (Wildman–Crippen MR) is 104 cm³/mol. The molecule has 0 radical (unpaired) electrons. The maximum atomic E-state index is 13.5. The smallest absolute Gasteiger partial charge is 0.321 e. The summed E-state index contributed by atoms with van der Waals surface area (Å²) in [5.41, 5.74) is 1.30. The molecule has 3 aromatic rings. The molecule has 0 spiro atoms. The van der Waals surface area contributed by atoms with Gasteiger partial charge in [0.15, 0.2) is 22.3 Å². The molecule has 0 fully saturated rings. The van der Waals surface area contributed by atoms with E-state index in [0.717, 1.165) is 22.7 Å². The molecule has 154 valence electrons. The number of aromatic nitrogens is 2. The van der Waals surface area contributed by atoms with E-state index in [1.165, 1.54) is 11.3 Å². The number of oxazole rings is 1. The fourth-order valence-corrected chi connectivity index (χ4v) is 4.25. The van der Waals surface area contributed by atoms with Crippen LogP contribution in [-0.4, -0.2) is 40.3 Å². The highest BCUT2D eigenvalue weighted by Gasteiger charge is 2.31. The maximum absolute atomic E-state index is 13.5. The highest BCUT2D eigenvalue weighted by molar-refractivity contribution is 7.16. The first kappa shape index (κ1) is 19.5. The Morgan fingerprint density at radius 2 is 2.17 bits per heavy atom. The molecule has 8 nitrogen and oxygen atoms in total. The Morgan fingerprint density at radius 3 is 2.93 bits per heavy atom. The number of thiazole rings is 1. The van der Waals surface area contributed by atoms with Crippen LogP contribution in [0.4, 0.5) is 24.7 Å². The second-order valence-electron chi connectivity index (χ2n) is 6.86. The summed E-state index contributed by atoms with van der Waals surface area (Å²) in [7, 11) is 0. The van der Waals surface area contributed by atoms with E-state index >= 15 is 0 Å². The van der Waals surface area contributed by atoms with Gasteiger partial charge in [-0.2, -0.15) is 4.98 Å². The van der Waals surface area contributed by atoms with Gasteiger partial charge in [0.2, 0.25) is 0 Å². The Kier molecular flexibility index (Phi) is 5.09. The third-order valence-corrected chi connectivity index (χ3v) is 5.88. The molecule has 11 heteroatoms. The van der Waals surface area contributed by atoms with Crippen LogP contribution >= 0.6 is 11.3 Å². The number of amides is 2. The molecule has 2 atom stereocenters. The molecule has 2 aromatic heterocycles. The van der Waals surface area contributed by atoms with Crippen molar-refractivity contribution in [2.45, 2.75) is 32.4 Å². The van der Waals surface area contributed by atoms with Crippen molar-refractivity contribution < 1.29 is 23.1 Å². The zero-order valence-electron chi connectivity index (χ0n) is 15.7.